The molecule has 2 unspecified atom stereocenters. The van der Waals surface area contributed by atoms with E-state index >= 15 is 0 Å². The first kappa shape index (κ1) is 57.1. The number of nitrogen functional groups attached to an aromatic ring is 2. The third-order valence-corrected chi connectivity index (χ3v) is 15.3. The average molecular weight is 926 g/mol. The van der Waals surface area contributed by atoms with Gasteiger partial charge >= 0.3 is 0 Å². The highest BCUT2D eigenvalue weighted by Crippen LogP contribution is 2.33. The summed E-state index contributed by atoms with van der Waals surface area (Å²) >= 11 is 0. The van der Waals surface area contributed by atoms with Gasteiger partial charge in [0.05, 0.1) is 0 Å². The van der Waals surface area contributed by atoms with E-state index in [1.165, 1.54) is 277 Å². The van der Waals surface area contributed by atoms with E-state index < -0.39 is 0 Å². The average Bonchev–Trinajstić information content (AvgIpc) is 3.36. The summed E-state index contributed by atoms with van der Waals surface area (Å²) in [5, 5.41) is 0. The number of hydrogen-bond donors (Lipinski definition) is 2. The number of anilines is 2. The van der Waals surface area contributed by atoms with Crippen LogP contribution in [0, 0.1) is 0 Å². The number of nitrogens with two attached hydrogens (primary N) is 2. The normalized spacial score (nSPS) is 12.4. The van der Waals surface area contributed by atoms with Crippen LogP contribution in [-0.4, -0.2) is 0 Å². The lowest BCUT2D eigenvalue weighted by molar-refractivity contribution is 0.528. The summed E-state index contributed by atoms with van der Waals surface area (Å²) in [6.45, 7) is 4.60. The predicted octanol–water partition coefficient (Wildman–Crippen LogP) is 21.0. The maximum absolute atomic E-state index is 6.06. The predicted molar refractivity (Wildman–Crippen MR) is 303 cm³/mol. The zero-order valence-electron chi connectivity index (χ0n) is 44.4. The van der Waals surface area contributed by atoms with Crippen molar-refractivity contribution in [2.75, 3.05) is 11.5 Å². The summed E-state index contributed by atoms with van der Waals surface area (Å²) in [7, 11) is 0. The van der Waals surface area contributed by atoms with Crippen LogP contribution in [0.3, 0.4) is 0 Å². The van der Waals surface area contributed by atoms with Crippen molar-refractivity contribution in [2.45, 2.75) is 270 Å². The van der Waals surface area contributed by atoms with Gasteiger partial charge in [-0.15, -0.1) is 0 Å². The molecule has 4 aromatic rings. The highest BCUT2D eigenvalue weighted by molar-refractivity contribution is 5.44. The van der Waals surface area contributed by atoms with Crippen molar-refractivity contribution in [1.29, 1.82) is 0 Å². The van der Waals surface area contributed by atoms with Gasteiger partial charge in [-0.1, -0.05) is 292 Å². The molecule has 2 heteroatoms. The number of hydrogen-bond acceptors (Lipinski definition) is 2. The molecule has 2 atom stereocenters. The van der Waals surface area contributed by atoms with Gasteiger partial charge in [0.1, 0.15) is 0 Å². The molecule has 0 aliphatic heterocycles. The fraction of sp³-hybridized carbons (Fsp3) is 0.636. The second-order valence-electron chi connectivity index (χ2n) is 21.3. The van der Waals surface area contributed by atoms with Gasteiger partial charge in [-0.25, -0.2) is 0 Å². The standard InChI is InChI=1S/C66H104N2/c1-3-5-7-9-11-21-27-31-35-39-65(61-49-53-63(67)54-50-61)59-45-41-57(42-46-59)37-33-29-25-23-19-17-15-13-14-16-18-20-24-26-30-34-38-58-43-47-60(48-44-58)66(62-51-55-64(68)56-52-62)40-36-32-28-22-12-10-8-6-4-2/h41-56,65-66H,3-40,67-68H2,1-2H3. The molecule has 0 aliphatic carbocycles. The molecule has 0 saturated carbocycles. The maximum Gasteiger partial charge on any atom is 0.0314 e. The van der Waals surface area contributed by atoms with Crippen molar-refractivity contribution in [1.82, 2.24) is 0 Å². The van der Waals surface area contributed by atoms with Gasteiger partial charge < -0.3 is 11.5 Å². The zero-order valence-corrected chi connectivity index (χ0v) is 44.4. The van der Waals surface area contributed by atoms with E-state index in [2.05, 4.69) is 111 Å². The van der Waals surface area contributed by atoms with Crippen molar-refractivity contribution in [2.24, 2.45) is 0 Å². The van der Waals surface area contributed by atoms with E-state index in [0.717, 1.165) is 11.4 Å². The number of aryl methyl sites for hydroxylation is 2. The first-order chi connectivity index (χ1) is 33.6. The zero-order chi connectivity index (χ0) is 48.0. The maximum atomic E-state index is 6.06. The molecule has 0 heterocycles. The Kier molecular flexibility index (Phi) is 32.1. The summed E-state index contributed by atoms with van der Waals surface area (Å²) in [4.78, 5) is 0. The summed E-state index contributed by atoms with van der Waals surface area (Å²) in [5.74, 6) is 0.938. The second-order valence-corrected chi connectivity index (χ2v) is 21.3. The summed E-state index contributed by atoms with van der Waals surface area (Å²) < 4.78 is 0. The monoisotopic (exact) mass is 925 g/mol. The molecule has 0 saturated heterocycles. The van der Waals surface area contributed by atoms with E-state index in [-0.39, 0.29) is 0 Å². The minimum Gasteiger partial charge on any atom is -0.399 e. The van der Waals surface area contributed by atoms with Crippen LogP contribution in [0.2, 0.25) is 0 Å². The van der Waals surface area contributed by atoms with E-state index in [0.29, 0.717) is 11.8 Å². The SMILES string of the molecule is CCCCCCCCCCCC(c1ccc(N)cc1)c1ccc(CCCCCCCCCCCCCCCCCCc2ccc(C(CCCCCCCCCCC)c3ccc(N)cc3)cc2)cc1. The molecule has 0 radical (unpaired) electrons. The Morgan fingerprint density at radius 2 is 0.456 bits per heavy atom. The lowest BCUT2D eigenvalue weighted by atomic mass is 9.86. The smallest absolute Gasteiger partial charge is 0.0314 e. The van der Waals surface area contributed by atoms with Crippen molar-refractivity contribution in [3.05, 3.63) is 130 Å². The molecule has 68 heavy (non-hydrogen) atoms. The van der Waals surface area contributed by atoms with Crippen molar-refractivity contribution in [3.8, 4) is 0 Å². The molecule has 0 bridgehead atoms. The Morgan fingerprint density at radius 3 is 0.706 bits per heavy atom. The first-order valence-corrected chi connectivity index (χ1v) is 29.5. The Labute approximate surface area is 421 Å². The Hall–Kier alpha value is -3.52. The van der Waals surface area contributed by atoms with Gasteiger partial charge in [-0.05, 0) is 96.2 Å². The molecular weight excluding hydrogens is 821 g/mol. The van der Waals surface area contributed by atoms with Crippen molar-refractivity contribution < 1.29 is 0 Å². The molecule has 4 N–H and O–H groups in total. The molecule has 0 amide bonds. The van der Waals surface area contributed by atoms with E-state index in [4.69, 9.17) is 11.5 Å². The Balaban J connectivity index is 0.961. The molecule has 378 valence electrons. The minimum absolute atomic E-state index is 0.469. The van der Waals surface area contributed by atoms with E-state index in [1.807, 2.05) is 0 Å². The first-order valence-electron chi connectivity index (χ1n) is 29.5. The lowest BCUT2D eigenvalue weighted by Crippen LogP contribution is -2.02. The fourth-order valence-electron chi connectivity index (χ4n) is 10.8. The van der Waals surface area contributed by atoms with Crippen LogP contribution < -0.4 is 11.5 Å². The van der Waals surface area contributed by atoms with E-state index in [1.54, 1.807) is 0 Å². The third kappa shape index (κ3) is 25.9. The fourth-order valence-corrected chi connectivity index (χ4v) is 10.8. The molecule has 0 fully saturated rings. The molecule has 2 nitrogen and oxygen atoms in total. The lowest BCUT2D eigenvalue weighted by Gasteiger charge is -2.19. The summed E-state index contributed by atoms with van der Waals surface area (Å²) in [6.07, 6.45) is 52.2. The summed E-state index contributed by atoms with van der Waals surface area (Å²) in [5.41, 5.74) is 22.6. The second kappa shape index (κ2) is 38.3. The molecular formula is C66H104N2. The van der Waals surface area contributed by atoms with Crippen LogP contribution >= 0.6 is 0 Å². The quantitative estimate of drug-likeness (QED) is 0.0343. The molecule has 4 aromatic carbocycles. The summed E-state index contributed by atoms with van der Waals surface area (Å²) in [6, 6.07) is 36.7. The van der Waals surface area contributed by atoms with Crippen LogP contribution in [-0.2, 0) is 12.8 Å². The van der Waals surface area contributed by atoms with Crippen molar-refractivity contribution in [3.63, 3.8) is 0 Å². The Bertz CT molecular complexity index is 1590. The van der Waals surface area contributed by atoms with Gasteiger partial charge in [0.25, 0.3) is 0 Å². The highest BCUT2D eigenvalue weighted by atomic mass is 14.5. The Morgan fingerprint density at radius 1 is 0.250 bits per heavy atom. The van der Waals surface area contributed by atoms with Gasteiger partial charge in [0, 0.05) is 23.2 Å². The van der Waals surface area contributed by atoms with Crippen LogP contribution in [0.25, 0.3) is 0 Å². The van der Waals surface area contributed by atoms with E-state index in [9.17, 15) is 0 Å². The molecule has 4 rings (SSSR count). The third-order valence-electron chi connectivity index (χ3n) is 15.3. The van der Waals surface area contributed by atoms with Gasteiger partial charge in [-0.2, -0.15) is 0 Å². The van der Waals surface area contributed by atoms with Crippen LogP contribution in [0.4, 0.5) is 11.4 Å². The van der Waals surface area contributed by atoms with Crippen LogP contribution in [0.1, 0.15) is 290 Å². The minimum atomic E-state index is 0.469. The van der Waals surface area contributed by atoms with Gasteiger partial charge in [0.2, 0.25) is 0 Å². The van der Waals surface area contributed by atoms with Gasteiger partial charge in [0.15, 0.2) is 0 Å². The molecule has 0 spiro atoms. The number of unbranched alkanes of at least 4 members (excludes halogenated alkanes) is 31. The molecule has 0 aliphatic rings. The van der Waals surface area contributed by atoms with Crippen LogP contribution in [0.5, 0.6) is 0 Å². The topological polar surface area (TPSA) is 52.0 Å². The number of rotatable bonds is 43. The number of benzene rings is 4. The largest absolute Gasteiger partial charge is 0.399 e. The van der Waals surface area contributed by atoms with Gasteiger partial charge in [-0.3, -0.25) is 0 Å². The van der Waals surface area contributed by atoms with Crippen molar-refractivity contribution >= 4 is 11.4 Å². The van der Waals surface area contributed by atoms with Crippen LogP contribution in [0.15, 0.2) is 97.1 Å². The molecule has 0 aromatic heterocycles. The highest BCUT2D eigenvalue weighted by Gasteiger charge is 2.16.